The molecule has 0 aliphatic heterocycles. The minimum atomic E-state index is 0.430. The second-order valence-corrected chi connectivity index (χ2v) is 6.13. The van der Waals surface area contributed by atoms with Crippen molar-refractivity contribution >= 4 is 11.3 Å². The molecule has 2 rings (SSSR count). The summed E-state index contributed by atoms with van der Waals surface area (Å²) in [6, 6.07) is 0. The predicted molar refractivity (Wildman–Crippen MR) is 73.0 cm³/mol. The Morgan fingerprint density at radius 3 is 2.82 bits per heavy atom. The molecule has 0 aromatic carbocycles. The van der Waals surface area contributed by atoms with Crippen LogP contribution in [-0.2, 0) is 6.54 Å². The standard InChI is InChI=1S/C13H23N3S/c14-10-13(4-2-1-3-5-13)6-7-15-8-12-9-16-11-17-12/h9,11,15H,1-8,10,14H2. The minimum absolute atomic E-state index is 0.430. The van der Waals surface area contributed by atoms with Crippen molar-refractivity contribution in [3.05, 3.63) is 16.6 Å². The van der Waals surface area contributed by atoms with Gasteiger partial charge in [0.1, 0.15) is 0 Å². The zero-order valence-electron chi connectivity index (χ0n) is 10.5. The highest BCUT2D eigenvalue weighted by Crippen LogP contribution is 2.37. The van der Waals surface area contributed by atoms with Crippen LogP contribution in [0, 0.1) is 5.41 Å². The SMILES string of the molecule is NCC1(CCNCc2cncs2)CCCCC1. The number of hydrogen-bond acceptors (Lipinski definition) is 4. The average molecular weight is 253 g/mol. The van der Waals surface area contributed by atoms with Gasteiger partial charge in [-0.05, 0) is 37.8 Å². The Kier molecular flexibility index (Phi) is 4.95. The molecular weight excluding hydrogens is 230 g/mol. The molecule has 96 valence electrons. The third-order valence-corrected chi connectivity index (χ3v) is 4.74. The van der Waals surface area contributed by atoms with Crippen LogP contribution in [0.3, 0.4) is 0 Å². The summed E-state index contributed by atoms with van der Waals surface area (Å²) in [5.74, 6) is 0. The van der Waals surface area contributed by atoms with Crippen LogP contribution in [0.15, 0.2) is 11.7 Å². The average Bonchev–Trinajstić information content (AvgIpc) is 2.89. The monoisotopic (exact) mass is 253 g/mol. The van der Waals surface area contributed by atoms with Crippen molar-refractivity contribution in [1.82, 2.24) is 10.3 Å². The smallest absolute Gasteiger partial charge is 0.0794 e. The predicted octanol–water partition coefficient (Wildman–Crippen LogP) is 2.53. The number of rotatable bonds is 6. The van der Waals surface area contributed by atoms with Crippen molar-refractivity contribution in [2.24, 2.45) is 11.1 Å². The van der Waals surface area contributed by atoms with Gasteiger partial charge in [0, 0.05) is 17.6 Å². The molecule has 0 bridgehead atoms. The van der Waals surface area contributed by atoms with Crippen LogP contribution in [0.2, 0.25) is 0 Å². The molecule has 1 fully saturated rings. The highest BCUT2D eigenvalue weighted by Gasteiger charge is 2.29. The van der Waals surface area contributed by atoms with E-state index in [1.54, 1.807) is 11.3 Å². The molecular formula is C13H23N3S. The van der Waals surface area contributed by atoms with Gasteiger partial charge in [0.25, 0.3) is 0 Å². The second kappa shape index (κ2) is 6.47. The second-order valence-electron chi connectivity index (χ2n) is 5.16. The summed E-state index contributed by atoms with van der Waals surface area (Å²) >= 11 is 1.72. The third kappa shape index (κ3) is 3.76. The van der Waals surface area contributed by atoms with Gasteiger partial charge in [-0.3, -0.25) is 4.98 Å². The zero-order valence-corrected chi connectivity index (χ0v) is 11.3. The zero-order chi connectivity index (χ0) is 12.0. The van der Waals surface area contributed by atoms with Gasteiger partial charge < -0.3 is 11.1 Å². The molecule has 17 heavy (non-hydrogen) atoms. The molecule has 0 saturated heterocycles. The minimum Gasteiger partial charge on any atom is -0.330 e. The van der Waals surface area contributed by atoms with Crippen LogP contribution < -0.4 is 11.1 Å². The number of thiazole rings is 1. The molecule has 0 amide bonds. The summed E-state index contributed by atoms with van der Waals surface area (Å²) in [6.45, 7) is 2.88. The van der Waals surface area contributed by atoms with Gasteiger partial charge in [-0.15, -0.1) is 11.3 Å². The summed E-state index contributed by atoms with van der Waals surface area (Å²) in [5, 5.41) is 3.51. The van der Waals surface area contributed by atoms with E-state index < -0.39 is 0 Å². The molecule has 3 nitrogen and oxygen atoms in total. The van der Waals surface area contributed by atoms with Gasteiger partial charge >= 0.3 is 0 Å². The van der Waals surface area contributed by atoms with E-state index in [4.69, 9.17) is 5.73 Å². The van der Waals surface area contributed by atoms with E-state index in [1.165, 1.54) is 43.4 Å². The maximum Gasteiger partial charge on any atom is 0.0794 e. The topological polar surface area (TPSA) is 50.9 Å². The summed E-state index contributed by atoms with van der Waals surface area (Å²) in [6.07, 6.45) is 9.95. The summed E-state index contributed by atoms with van der Waals surface area (Å²) < 4.78 is 0. The first-order chi connectivity index (χ1) is 8.35. The van der Waals surface area contributed by atoms with E-state index in [0.717, 1.165) is 19.6 Å². The van der Waals surface area contributed by atoms with Crippen molar-refractivity contribution in [3.63, 3.8) is 0 Å². The fourth-order valence-electron chi connectivity index (χ4n) is 2.75. The lowest BCUT2D eigenvalue weighted by molar-refractivity contribution is 0.181. The summed E-state index contributed by atoms with van der Waals surface area (Å²) in [5.41, 5.74) is 8.30. The number of aromatic nitrogens is 1. The van der Waals surface area contributed by atoms with E-state index in [2.05, 4.69) is 10.3 Å². The number of nitrogens with zero attached hydrogens (tertiary/aromatic N) is 1. The van der Waals surface area contributed by atoms with Crippen LogP contribution >= 0.6 is 11.3 Å². The first-order valence-corrected chi connectivity index (χ1v) is 7.51. The number of nitrogens with one attached hydrogen (secondary N) is 1. The number of nitrogens with two attached hydrogens (primary N) is 1. The Morgan fingerprint density at radius 2 is 2.18 bits per heavy atom. The highest BCUT2D eigenvalue weighted by molar-refractivity contribution is 7.09. The van der Waals surface area contributed by atoms with E-state index in [9.17, 15) is 0 Å². The first kappa shape index (κ1) is 13.0. The molecule has 1 aliphatic rings. The molecule has 1 aliphatic carbocycles. The van der Waals surface area contributed by atoms with Crippen LogP contribution in [0.25, 0.3) is 0 Å². The molecule has 1 aromatic heterocycles. The Balaban J connectivity index is 1.69. The Bertz CT molecular complexity index is 304. The fraction of sp³-hybridized carbons (Fsp3) is 0.769. The van der Waals surface area contributed by atoms with Crippen molar-refractivity contribution in [2.75, 3.05) is 13.1 Å². The van der Waals surface area contributed by atoms with Crippen molar-refractivity contribution in [2.45, 2.75) is 45.1 Å². The molecule has 0 atom stereocenters. The highest BCUT2D eigenvalue weighted by atomic mass is 32.1. The van der Waals surface area contributed by atoms with Gasteiger partial charge in [0.2, 0.25) is 0 Å². The maximum absolute atomic E-state index is 5.98. The molecule has 1 saturated carbocycles. The van der Waals surface area contributed by atoms with Crippen molar-refractivity contribution in [3.8, 4) is 0 Å². The van der Waals surface area contributed by atoms with Crippen molar-refractivity contribution < 1.29 is 0 Å². The Morgan fingerprint density at radius 1 is 1.35 bits per heavy atom. The van der Waals surface area contributed by atoms with E-state index in [1.807, 2.05) is 11.7 Å². The van der Waals surface area contributed by atoms with Gasteiger partial charge in [-0.2, -0.15) is 0 Å². The Hall–Kier alpha value is -0.450. The quantitative estimate of drug-likeness (QED) is 0.766. The third-order valence-electron chi connectivity index (χ3n) is 3.96. The molecule has 1 heterocycles. The van der Waals surface area contributed by atoms with Gasteiger partial charge in [0.15, 0.2) is 0 Å². The van der Waals surface area contributed by atoms with Crippen LogP contribution in [0.5, 0.6) is 0 Å². The largest absolute Gasteiger partial charge is 0.330 e. The summed E-state index contributed by atoms with van der Waals surface area (Å²) in [7, 11) is 0. The molecule has 4 heteroatoms. The first-order valence-electron chi connectivity index (χ1n) is 6.63. The van der Waals surface area contributed by atoms with E-state index >= 15 is 0 Å². The molecule has 1 aromatic rings. The lowest BCUT2D eigenvalue weighted by Crippen LogP contribution is -2.35. The van der Waals surface area contributed by atoms with Crippen LogP contribution in [-0.4, -0.2) is 18.1 Å². The maximum atomic E-state index is 5.98. The van der Waals surface area contributed by atoms with Crippen LogP contribution in [0.1, 0.15) is 43.4 Å². The van der Waals surface area contributed by atoms with E-state index in [-0.39, 0.29) is 0 Å². The molecule has 0 unspecified atom stereocenters. The molecule has 0 spiro atoms. The summed E-state index contributed by atoms with van der Waals surface area (Å²) in [4.78, 5) is 5.39. The normalized spacial score (nSPS) is 19.4. The van der Waals surface area contributed by atoms with Gasteiger partial charge in [0.05, 0.1) is 5.51 Å². The van der Waals surface area contributed by atoms with Crippen LogP contribution in [0.4, 0.5) is 0 Å². The van der Waals surface area contributed by atoms with Gasteiger partial charge in [-0.1, -0.05) is 19.3 Å². The Labute approximate surface area is 108 Å². The molecule has 3 N–H and O–H groups in total. The number of hydrogen-bond donors (Lipinski definition) is 2. The lowest BCUT2D eigenvalue weighted by atomic mass is 9.72. The van der Waals surface area contributed by atoms with E-state index in [0.29, 0.717) is 5.41 Å². The van der Waals surface area contributed by atoms with Gasteiger partial charge in [-0.25, -0.2) is 0 Å². The van der Waals surface area contributed by atoms with Crippen molar-refractivity contribution in [1.29, 1.82) is 0 Å². The molecule has 0 radical (unpaired) electrons. The fourth-order valence-corrected chi connectivity index (χ4v) is 3.32. The lowest BCUT2D eigenvalue weighted by Gasteiger charge is -2.36.